The first-order valence-corrected chi connectivity index (χ1v) is 5.80. The Kier molecular flexibility index (Phi) is 2.01. The van der Waals surface area contributed by atoms with Crippen molar-refractivity contribution in [1.82, 2.24) is 10.2 Å². The number of carbonyl (C=O) groups excluding carboxylic acids is 1. The van der Waals surface area contributed by atoms with E-state index in [2.05, 4.69) is 10.2 Å². The molecule has 2 atom stereocenters. The molecule has 3 nitrogen and oxygen atoms in total. The fourth-order valence-electron chi connectivity index (χ4n) is 2.87. The molecule has 14 heavy (non-hydrogen) atoms. The standard InChI is InChI=1S/C11H18N2O/c14-11-3-9-6-13(5-8-1-2-8)7-10(9)4-12-11/h8-10H,1-7H2,(H,12,14). The van der Waals surface area contributed by atoms with E-state index >= 15 is 0 Å². The zero-order valence-corrected chi connectivity index (χ0v) is 8.54. The summed E-state index contributed by atoms with van der Waals surface area (Å²) in [5, 5.41) is 2.98. The van der Waals surface area contributed by atoms with Crippen molar-refractivity contribution in [2.75, 3.05) is 26.2 Å². The number of hydrogen-bond donors (Lipinski definition) is 1. The van der Waals surface area contributed by atoms with Gasteiger partial charge in [-0.3, -0.25) is 4.79 Å². The topological polar surface area (TPSA) is 32.3 Å². The summed E-state index contributed by atoms with van der Waals surface area (Å²) in [4.78, 5) is 13.8. The van der Waals surface area contributed by atoms with Crippen LogP contribution in [-0.2, 0) is 4.79 Å². The molecule has 3 rings (SSSR count). The smallest absolute Gasteiger partial charge is 0.220 e. The van der Waals surface area contributed by atoms with E-state index in [0.29, 0.717) is 5.92 Å². The second-order valence-corrected chi connectivity index (χ2v) is 5.19. The Balaban J connectivity index is 1.58. The van der Waals surface area contributed by atoms with Crippen LogP contribution in [0.1, 0.15) is 19.3 Å². The van der Waals surface area contributed by atoms with Gasteiger partial charge in [0.1, 0.15) is 0 Å². The minimum Gasteiger partial charge on any atom is -0.356 e. The second kappa shape index (κ2) is 3.23. The molecule has 1 amide bonds. The molecule has 1 aliphatic carbocycles. The Morgan fingerprint density at radius 3 is 2.86 bits per heavy atom. The van der Waals surface area contributed by atoms with Crippen molar-refractivity contribution >= 4 is 5.91 Å². The number of hydrogen-bond acceptors (Lipinski definition) is 2. The summed E-state index contributed by atoms with van der Waals surface area (Å²) < 4.78 is 0. The average Bonchev–Trinajstić information content (AvgIpc) is 2.84. The molecule has 2 saturated heterocycles. The summed E-state index contributed by atoms with van der Waals surface area (Å²) in [5.41, 5.74) is 0. The highest BCUT2D eigenvalue weighted by atomic mass is 16.1. The summed E-state index contributed by atoms with van der Waals surface area (Å²) >= 11 is 0. The van der Waals surface area contributed by atoms with E-state index in [9.17, 15) is 4.79 Å². The van der Waals surface area contributed by atoms with Crippen LogP contribution in [0.25, 0.3) is 0 Å². The maximum absolute atomic E-state index is 11.2. The van der Waals surface area contributed by atoms with Gasteiger partial charge in [-0.2, -0.15) is 0 Å². The first kappa shape index (κ1) is 8.72. The Morgan fingerprint density at radius 1 is 1.29 bits per heavy atom. The average molecular weight is 194 g/mol. The van der Waals surface area contributed by atoms with Gasteiger partial charge in [0.05, 0.1) is 0 Å². The maximum atomic E-state index is 11.2. The van der Waals surface area contributed by atoms with Crippen LogP contribution in [0.4, 0.5) is 0 Å². The molecule has 0 bridgehead atoms. The van der Waals surface area contributed by atoms with Gasteiger partial charge in [0.2, 0.25) is 5.91 Å². The van der Waals surface area contributed by atoms with Crippen LogP contribution in [0, 0.1) is 17.8 Å². The Bertz CT molecular complexity index is 250. The van der Waals surface area contributed by atoms with Gasteiger partial charge in [-0.1, -0.05) is 0 Å². The minimum atomic E-state index is 0.263. The Morgan fingerprint density at radius 2 is 2.07 bits per heavy atom. The van der Waals surface area contributed by atoms with Crippen LogP contribution in [0.3, 0.4) is 0 Å². The predicted octanol–water partition coefficient (Wildman–Crippen LogP) is 0.464. The zero-order chi connectivity index (χ0) is 9.54. The number of rotatable bonds is 2. The van der Waals surface area contributed by atoms with Gasteiger partial charge in [0.25, 0.3) is 0 Å². The van der Waals surface area contributed by atoms with Crippen molar-refractivity contribution in [2.24, 2.45) is 17.8 Å². The third kappa shape index (κ3) is 1.65. The molecular formula is C11H18N2O. The predicted molar refractivity (Wildman–Crippen MR) is 53.8 cm³/mol. The first-order valence-electron chi connectivity index (χ1n) is 5.80. The molecule has 2 aliphatic heterocycles. The fourth-order valence-corrected chi connectivity index (χ4v) is 2.87. The third-order valence-electron chi connectivity index (χ3n) is 3.87. The van der Waals surface area contributed by atoms with Gasteiger partial charge >= 0.3 is 0 Å². The van der Waals surface area contributed by atoms with Crippen LogP contribution in [0.5, 0.6) is 0 Å². The highest BCUT2D eigenvalue weighted by Gasteiger charge is 2.38. The van der Waals surface area contributed by atoms with Crippen molar-refractivity contribution in [3.05, 3.63) is 0 Å². The molecule has 2 unspecified atom stereocenters. The molecule has 0 aromatic carbocycles. The molecule has 1 saturated carbocycles. The van der Waals surface area contributed by atoms with Crippen LogP contribution < -0.4 is 5.32 Å². The summed E-state index contributed by atoms with van der Waals surface area (Å²) in [6, 6.07) is 0. The lowest BCUT2D eigenvalue weighted by atomic mass is 9.89. The number of nitrogens with one attached hydrogen (secondary N) is 1. The molecule has 0 aromatic rings. The third-order valence-corrected chi connectivity index (χ3v) is 3.87. The van der Waals surface area contributed by atoms with Gasteiger partial charge in [0.15, 0.2) is 0 Å². The van der Waals surface area contributed by atoms with E-state index in [1.807, 2.05) is 0 Å². The van der Waals surface area contributed by atoms with Crippen molar-refractivity contribution in [3.8, 4) is 0 Å². The largest absolute Gasteiger partial charge is 0.356 e. The van der Waals surface area contributed by atoms with Crippen molar-refractivity contribution in [3.63, 3.8) is 0 Å². The lowest BCUT2D eigenvalue weighted by Gasteiger charge is -2.23. The summed E-state index contributed by atoms with van der Waals surface area (Å²) in [6.45, 7) is 4.61. The maximum Gasteiger partial charge on any atom is 0.220 e. The quantitative estimate of drug-likeness (QED) is 0.693. The second-order valence-electron chi connectivity index (χ2n) is 5.19. The summed E-state index contributed by atoms with van der Waals surface area (Å²) in [6.07, 6.45) is 3.64. The zero-order valence-electron chi connectivity index (χ0n) is 8.54. The number of amides is 1. The highest BCUT2D eigenvalue weighted by molar-refractivity contribution is 5.77. The lowest BCUT2D eigenvalue weighted by Crippen LogP contribution is -2.39. The van der Waals surface area contributed by atoms with Gasteiger partial charge in [-0.25, -0.2) is 0 Å². The van der Waals surface area contributed by atoms with E-state index in [0.717, 1.165) is 24.8 Å². The molecule has 3 aliphatic rings. The summed E-state index contributed by atoms with van der Waals surface area (Å²) in [5.74, 6) is 2.65. The first-order chi connectivity index (χ1) is 6.81. The molecule has 1 N–H and O–H groups in total. The molecule has 0 aromatic heterocycles. The number of nitrogens with zero attached hydrogens (tertiary/aromatic N) is 1. The fraction of sp³-hybridized carbons (Fsp3) is 0.909. The normalized spacial score (nSPS) is 38.1. The van der Waals surface area contributed by atoms with Crippen LogP contribution >= 0.6 is 0 Å². The summed E-state index contributed by atoms with van der Waals surface area (Å²) in [7, 11) is 0. The molecular weight excluding hydrogens is 176 g/mol. The van der Waals surface area contributed by atoms with Crippen LogP contribution in [0.15, 0.2) is 0 Å². The molecule has 3 heteroatoms. The molecule has 3 fully saturated rings. The molecule has 0 radical (unpaired) electrons. The van der Waals surface area contributed by atoms with Crippen molar-refractivity contribution < 1.29 is 4.79 Å². The monoisotopic (exact) mass is 194 g/mol. The van der Waals surface area contributed by atoms with Crippen LogP contribution in [0.2, 0.25) is 0 Å². The SMILES string of the molecule is O=C1CC2CN(CC3CC3)CC2CN1. The lowest BCUT2D eigenvalue weighted by molar-refractivity contribution is -0.124. The van der Waals surface area contributed by atoms with Gasteiger partial charge in [-0.05, 0) is 30.6 Å². The van der Waals surface area contributed by atoms with Crippen molar-refractivity contribution in [1.29, 1.82) is 0 Å². The van der Waals surface area contributed by atoms with E-state index in [1.165, 1.54) is 32.5 Å². The number of carbonyl (C=O) groups is 1. The van der Waals surface area contributed by atoms with Gasteiger partial charge < -0.3 is 10.2 Å². The van der Waals surface area contributed by atoms with Crippen molar-refractivity contribution in [2.45, 2.75) is 19.3 Å². The van der Waals surface area contributed by atoms with Crippen LogP contribution in [-0.4, -0.2) is 37.0 Å². The van der Waals surface area contributed by atoms with Gasteiger partial charge in [0, 0.05) is 32.6 Å². The minimum absolute atomic E-state index is 0.263. The van der Waals surface area contributed by atoms with E-state index in [1.54, 1.807) is 0 Å². The Labute approximate surface area is 84.8 Å². The number of piperidine rings is 1. The molecule has 0 spiro atoms. The Hall–Kier alpha value is -0.570. The van der Waals surface area contributed by atoms with E-state index in [-0.39, 0.29) is 5.91 Å². The van der Waals surface area contributed by atoms with E-state index in [4.69, 9.17) is 0 Å². The molecule has 78 valence electrons. The van der Waals surface area contributed by atoms with Gasteiger partial charge in [-0.15, -0.1) is 0 Å². The molecule has 2 heterocycles. The number of fused-ring (bicyclic) bond motifs is 1. The van der Waals surface area contributed by atoms with E-state index < -0.39 is 0 Å². The highest BCUT2D eigenvalue weighted by Crippen LogP contribution is 2.34. The number of likely N-dealkylation sites (tertiary alicyclic amines) is 1.